The number of hydrogen-bond donors (Lipinski definition) is 1. The van der Waals surface area contributed by atoms with E-state index in [9.17, 15) is 5.11 Å². The Hall–Kier alpha value is -1.71. The zero-order chi connectivity index (χ0) is 13.5. The van der Waals surface area contributed by atoms with Crippen LogP contribution >= 0.6 is 11.3 Å². The summed E-state index contributed by atoms with van der Waals surface area (Å²) in [5, 5.41) is 13.6. The van der Waals surface area contributed by atoms with Crippen molar-refractivity contribution >= 4 is 22.1 Å². The molecule has 1 unspecified atom stereocenters. The van der Waals surface area contributed by atoms with Gasteiger partial charge in [-0.2, -0.15) is 0 Å². The Labute approximate surface area is 121 Å². The van der Waals surface area contributed by atoms with Gasteiger partial charge < -0.3 is 5.11 Å². The van der Waals surface area contributed by atoms with Crippen molar-refractivity contribution in [3.05, 3.63) is 53.0 Å². The molecule has 1 aliphatic rings. The lowest BCUT2D eigenvalue weighted by atomic mass is 10.0. The fourth-order valence-corrected chi connectivity index (χ4v) is 3.97. The molecule has 3 aromatic rings. The molecule has 3 heteroatoms. The molecule has 100 valence electrons. The standard InChI is InChI=1S/C17H15NOS/c19-15-7-3-6-14-16(15)20-17(18-14)13-9-8-11-4-1-2-5-12(11)10-13/h1-2,4-5,8-10,15,19H,3,6-7H2. The first kappa shape index (κ1) is 12.1. The number of aliphatic hydroxyl groups is 1. The first-order valence-corrected chi connectivity index (χ1v) is 7.80. The van der Waals surface area contributed by atoms with Crippen LogP contribution in [-0.4, -0.2) is 10.1 Å². The summed E-state index contributed by atoms with van der Waals surface area (Å²) in [6, 6.07) is 14.8. The molecule has 0 bridgehead atoms. The number of fused-ring (bicyclic) bond motifs is 2. The number of nitrogens with zero attached hydrogens (tertiary/aromatic N) is 1. The molecule has 0 saturated heterocycles. The van der Waals surface area contributed by atoms with Crippen LogP contribution in [0.5, 0.6) is 0 Å². The van der Waals surface area contributed by atoms with Gasteiger partial charge in [0, 0.05) is 5.56 Å². The maximum atomic E-state index is 10.1. The van der Waals surface area contributed by atoms with Crippen LogP contribution in [0.15, 0.2) is 42.5 Å². The number of aliphatic hydroxyl groups excluding tert-OH is 1. The Bertz CT molecular complexity index is 778. The number of aromatic nitrogens is 1. The third kappa shape index (κ3) is 1.94. The van der Waals surface area contributed by atoms with Gasteiger partial charge in [0.05, 0.1) is 16.7 Å². The summed E-state index contributed by atoms with van der Waals surface area (Å²) in [6.45, 7) is 0. The molecule has 0 radical (unpaired) electrons. The highest BCUT2D eigenvalue weighted by molar-refractivity contribution is 7.15. The van der Waals surface area contributed by atoms with Crippen LogP contribution in [0, 0.1) is 0 Å². The van der Waals surface area contributed by atoms with E-state index >= 15 is 0 Å². The van der Waals surface area contributed by atoms with Crippen molar-refractivity contribution in [2.24, 2.45) is 0 Å². The summed E-state index contributed by atoms with van der Waals surface area (Å²) in [6.07, 6.45) is 2.59. The van der Waals surface area contributed by atoms with E-state index in [1.54, 1.807) is 11.3 Å². The molecule has 0 aliphatic heterocycles. The van der Waals surface area contributed by atoms with Crippen LogP contribution in [0.25, 0.3) is 21.3 Å². The second kappa shape index (κ2) is 4.69. The van der Waals surface area contributed by atoms with Gasteiger partial charge in [0.1, 0.15) is 5.01 Å². The van der Waals surface area contributed by atoms with Gasteiger partial charge in [0.25, 0.3) is 0 Å². The molecule has 4 rings (SSSR count). The molecular formula is C17H15NOS. The van der Waals surface area contributed by atoms with Gasteiger partial charge in [0.15, 0.2) is 0 Å². The molecule has 1 aromatic heterocycles. The highest BCUT2D eigenvalue weighted by atomic mass is 32.1. The Morgan fingerprint density at radius 3 is 2.80 bits per heavy atom. The normalized spacial score (nSPS) is 18.1. The van der Waals surface area contributed by atoms with Crippen LogP contribution in [0.4, 0.5) is 0 Å². The highest BCUT2D eigenvalue weighted by Crippen LogP contribution is 2.38. The zero-order valence-electron chi connectivity index (χ0n) is 11.0. The van der Waals surface area contributed by atoms with Crippen molar-refractivity contribution in [3.63, 3.8) is 0 Å². The molecule has 1 heterocycles. The summed E-state index contributed by atoms with van der Waals surface area (Å²) in [4.78, 5) is 5.81. The first-order chi connectivity index (χ1) is 9.81. The largest absolute Gasteiger partial charge is 0.388 e. The van der Waals surface area contributed by atoms with E-state index in [2.05, 4.69) is 42.5 Å². The van der Waals surface area contributed by atoms with E-state index in [0.29, 0.717) is 0 Å². The van der Waals surface area contributed by atoms with Crippen LogP contribution in [-0.2, 0) is 6.42 Å². The van der Waals surface area contributed by atoms with Gasteiger partial charge in [-0.05, 0) is 36.1 Å². The minimum absolute atomic E-state index is 0.314. The number of rotatable bonds is 1. The van der Waals surface area contributed by atoms with Crippen LogP contribution in [0.3, 0.4) is 0 Å². The summed E-state index contributed by atoms with van der Waals surface area (Å²) in [5.74, 6) is 0. The van der Waals surface area contributed by atoms with E-state index in [-0.39, 0.29) is 6.10 Å². The Kier molecular flexibility index (Phi) is 2.83. The van der Waals surface area contributed by atoms with Gasteiger partial charge in [-0.15, -0.1) is 11.3 Å². The van der Waals surface area contributed by atoms with E-state index < -0.39 is 0 Å². The van der Waals surface area contributed by atoms with Gasteiger partial charge >= 0.3 is 0 Å². The topological polar surface area (TPSA) is 33.1 Å². The predicted molar refractivity (Wildman–Crippen MR) is 83.0 cm³/mol. The smallest absolute Gasteiger partial charge is 0.123 e. The maximum Gasteiger partial charge on any atom is 0.123 e. The number of hydrogen-bond acceptors (Lipinski definition) is 3. The van der Waals surface area contributed by atoms with E-state index in [1.807, 2.05) is 0 Å². The second-order valence-electron chi connectivity index (χ2n) is 5.30. The van der Waals surface area contributed by atoms with Gasteiger partial charge in [-0.1, -0.05) is 36.4 Å². The van der Waals surface area contributed by atoms with Crippen molar-refractivity contribution in [3.8, 4) is 10.6 Å². The molecule has 2 aromatic carbocycles. The predicted octanol–water partition coefficient (Wildman–Crippen LogP) is 4.33. The molecule has 0 spiro atoms. The molecule has 1 aliphatic carbocycles. The minimum Gasteiger partial charge on any atom is -0.388 e. The first-order valence-electron chi connectivity index (χ1n) is 6.98. The quantitative estimate of drug-likeness (QED) is 0.720. The Balaban J connectivity index is 1.83. The van der Waals surface area contributed by atoms with Crippen molar-refractivity contribution in [1.82, 2.24) is 4.98 Å². The third-order valence-corrected chi connectivity index (χ3v) is 5.17. The monoisotopic (exact) mass is 281 g/mol. The molecule has 0 saturated carbocycles. The summed E-state index contributed by atoms with van der Waals surface area (Å²) in [7, 11) is 0. The zero-order valence-corrected chi connectivity index (χ0v) is 11.9. The lowest BCUT2D eigenvalue weighted by Crippen LogP contribution is -2.06. The van der Waals surface area contributed by atoms with Crippen molar-refractivity contribution < 1.29 is 5.11 Å². The maximum absolute atomic E-state index is 10.1. The van der Waals surface area contributed by atoms with Crippen LogP contribution < -0.4 is 0 Å². The molecule has 1 N–H and O–H groups in total. The fraction of sp³-hybridized carbons (Fsp3) is 0.235. The summed E-state index contributed by atoms with van der Waals surface area (Å²) in [5.41, 5.74) is 2.24. The average molecular weight is 281 g/mol. The minimum atomic E-state index is -0.314. The van der Waals surface area contributed by atoms with E-state index in [4.69, 9.17) is 4.98 Å². The SMILES string of the molecule is OC1CCCc2nc(-c3ccc4ccccc4c3)sc21. The van der Waals surface area contributed by atoms with E-state index in [1.165, 1.54) is 10.8 Å². The second-order valence-corrected chi connectivity index (χ2v) is 6.33. The third-order valence-electron chi connectivity index (χ3n) is 3.92. The van der Waals surface area contributed by atoms with Gasteiger partial charge in [-0.25, -0.2) is 4.98 Å². The average Bonchev–Trinajstić information content (AvgIpc) is 2.92. The summed E-state index contributed by atoms with van der Waals surface area (Å²) < 4.78 is 0. The van der Waals surface area contributed by atoms with Gasteiger partial charge in [0.2, 0.25) is 0 Å². The van der Waals surface area contributed by atoms with Crippen molar-refractivity contribution in [2.45, 2.75) is 25.4 Å². The van der Waals surface area contributed by atoms with Crippen LogP contribution in [0.2, 0.25) is 0 Å². The van der Waals surface area contributed by atoms with Crippen molar-refractivity contribution in [1.29, 1.82) is 0 Å². The Morgan fingerprint density at radius 1 is 1.10 bits per heavy atom. The Morgan fingerprint density at radius 2 is 1.95 bits per heavy atom. The molecule has 20 heavy (non-hydrogen) atoms. The number of benzene rings is 2. The molecule has 0 amide bonds. The van der Waals surface area contributed by atoms with Gasteiger partial charge in [-0.3, -0.25) is 0 Å². The van der Waals surface area contributed by atoms with E-state index in [0.717, 1.165) is 40.4 Å². The number of aryl methyl sites for hydroxylation is 1. The molecule has 0 fully saturated rings. The summed E-state index contributed by atoms with van der Waals surface area (Å²) >= 11 is 1.64. The molecule has 1 atom stereocenters. The molecule has 2 nitrogen and oxygen atoms in total. The fourth-order valence-electron chi connectivity index (χ4n) is 2.84. The van der Waals surface area contributed by atoms with Crippen molar-refractivity contribution in [2.75, 3.05) is 0 Å². The lowest BCUT2D eigenvalue weighted by molar-refractivity contribution is 0.160. The highest BCUT2D eigenvalue weighted by Gasteiger charge is 2.23. The van der Waals surface area contributed by atoms with Crippen LogP contribution in [0.1, 0.15) is 29.5 Å². The lowest BCUT2D eigenvalue weighted by Gasteiger charge is -2.14. The number of thiazole rings is 1. The molecular weight excluding hydrogens is 266 g/mol.